The van der Waals surface area contributed by atoms with Crippen molar-refractivity contribution in [1.29, 1.82) is 0 Å². The number of esters is 1. The lowest BCUT2D eigenvalue weighted by molar-refractivity contribution is -0.361. The molecule has 19 atom stereocenters. The van der Waals surface area contributed by atoms with Gasteiger partial charge in [0.05, 0.1) is 42.7 Å². The van der Waals surface area contributed by atoms with Gasteiger partial charge >= 0.3 is 5.97 Å². The number of rotatable bonds is 3. The van der Waals surface area contributed by atoms with Crippen molar-refractivity contribution < 1.29 is 59.9 Å². The van der Waals surface area contributed by atoms with Crippen LogP contribution in [0.15, 0.2) is 36.5 Å². The van der Waals surface area contributed by atoms with Crippen LogP contribution in [0.1, 0.15) is 114 Å². The van der Waals surface area contributed by atoms with E-state index < -0.39 is 89.9 Å². The molecule has 0 aromatic heterocycles. The molecule has 3 aliphatic heterocycles. The minimum atomic E-state index is -2.21. The number of hydrogen-bond donors (Lipinski definition) is 8. The first-order valence-corrected chi connectivity index (χ1v) is 20.7. The fourth-order valence-corrected chi connectivity index (χ4v) is 8.64. The van der Waals surface area contributed by atoms with E-state index in [0.717, 1.165) is 19.3 Å². The third-order valence-electron chi connectivity index (χ3n) is 13.0. The molecule has 0 amide bonds. The van der Waals surface area contributed by atoms with Crippen molar-refractivity contribution in [3.63, 3.8) is 0 Å². The molecule has 55 heavy (non-hydrogen) atoms. The molecule has 0 aromatic carbocycles. The van der Waals surface area contributed by atoms with Crippen molar-refractivity contribution in [1.82, 2.24) is 0 Å². The summed E-state index contributed by atoms with van der Waals surface area (Å²) in [4.78, 5) is 13.4. The molecule has 2 fully saturated rings. The Balaban J connectivity index is 1.94. The van der Waals surface area contributed by atoms with E-state index in [-0.39, 0.29) is 30.0 Å². The number of carbonyl (C=O) groups excluding carboxylic acids is 1. The van der Waals surface area contributed by atoms with Crippen LogP contribution >= 0.6 is 0 Å². The highest BCUT2D eigenvalue weighted by atomic mass is 16.7. The number of ether oxygens (including phenoxy) is 3. The first kappa shape index (κ1) is 47.7. The molecule has 2 saturated heterocycles. The summed E-state index contributed by atoms with van der Waals surface area (Å²) < 4.78 is 19.7. The Kier molecular flexibility index (Phi) is 18.0. The second kappa shape index (κ2) is 20.8. The van der Waals surface area contributed by atoms with Crippen molar-refractivity contribution >= 4 is 5.97 Å². The molecular weight excluding hydrogens is 708 g/mol. The van der Waals surface area contributed by atoms with Crippen LogP contribution in [0.25, 0.3) is 0 Å². The first-order valence-electron chi connectivity index (χ1n) is 20.7. The molecule has 0 aromatic rings. The minimum Gasteiger partial charge on any atom is -0.459 e. The summed E-state index contributed by atoms with van der Waals surface area (Å²) in [6, 6.07) is 0. The SMILES string of the molecule is CCC1/C=C/C=C/CC(C)C(O)C(C)(O)C(O)C(O)C(O)C(C)C(O)C(C)C(O)C(C)/C=C/C(=O)OC2CC(CC1)OC1(CCC(C)C(CC(C)O)O1)C2C. The van der Waals surface area contributed by atoms with Crippen molar-refractivity contribution in [3.8, 4) is 0 Å². The average molecular weight is 783 g/mol. The van der Waals surface area contributed by atoms with Gasteiger partial charge in [-0.25, -0.2) is 4.79 Å². The Labute approximate surface area is 329 Å². The molecule has 3 heterocycles. The standard InChI is InChI=1S/C43H74O12/c1-10-31-15-13-11-12-14-26(4)40(50)42(9,52)41(51)39(49)38(48)29(7)37(47)28(6)36(46)25(3)16-19-35(45)53-34-23-32(18-17-31)54-43(30(34)8)21-20-24(2)33(55-43)22-27(5)44/h11-13,15-16,19,24-34,36-41,44,46-52H,10,14,17-18,20-23H2,1-9H3/b12-11+,15-13+,19-16+. The molecule has 318 valence electrons. The lowest BCUT2D eigenvalue weighted by Gasteiger charge is -2.53. The summed E-state index contributed by atoms with van der Waals surface area (Å²) in [5.74, 6) is -4.50. The normalized spacial score (nSPS) is 48.7. The number of aliphatic hydroxyl groups is 8. The quantitative estimate of drug-likeness (QED) is 0.192. The van der Waals surface area contributed by atoms with Gasteiger partial charge in [0.2, 0.25) is 0 Å². The van der Waals surface area contributed by atoms with Crippen LogP contribution in [0.2, 0.25) is 0 Å². The zero-order valence-electron chi connectivity index (χ0n) is 34.6. The van der Waals surface area contributed by atoms with Crippen LogP contribution in [0.3, 0.4) is 0 Å². The average Bonchev–Trinajstić information content (AvgIpc) is 3.14. The highest BCUT2D eigenvalue weighted by molar-refractivity contribution is 5.82. The van der Waals surface area contributed by atoms with Gasteiger partial charge in [-0.1, -0.05) is 78.8 Å². The molecule has 1 spiro atoms. The molecule has 2 bridgehead atoms. The molecule has 8 N–H and O–H groups in total. The van der Waals surface area contributed by atoms with Crippen LogP contribution in [0.4, 0.5) is 0 Å². The van der Waals surface area contributed by atoms with Gasteiger partial charge in [-0.3, -0.25) is 0 Å². The minimum absolute atomic E-state index is 0.217. The monoisotopic (exact) mass is 783 g/mol. The Morgan fingerprint density at radius 2 is 1.47 bits per heavy atom. The first-order chi connectivity index (χ1) is 25.7. The zero-order valence-corrected chi connectivity index (χ0v) is 34.6. The largest absolute Gasteiger partial charge is 0.459 e. The van der Waals surface area contributed by atoms with Crippen LogP contribution in [-0.2, 0) is 19.0 Å². The highest BCUT2D eigenvalue weighted by Crippen LogP contribution is 2.47. The third kappa shape index (κ3) is 12.2. The van der Waals surface area contributed by atoms with Gasteiger partial charge in [0.25, 0.3) is 0 Å². The summed E-state index contributed by atoms with van der Waals surface area (Å²) in [6.45, 7) is 15.6. The summed E-state index contributed by atoms with van der Waals surface area (Å²) >= 11 is 0. The van der Waals surface area contributed by atoms with E-state index >= 15 is 0 Å². The van der Waals surface area contributed by atoms with Crippen LogP contribution in [-0.4, -0.2) is 119 Å². The van der Waals surface area contributed by atoms with Gasteiger partial charge in [0, 0.05) is 42.6 Å². The second-order valence-electron chi connectivity index (χ2n) is 17.6. The molecule has 0 aliphatic carbocycles. The molecule has 3 rings (SSSR count). The van der Waals surface area contributed by atoms with E-state index in [2.05, 4.69) is 19.9 Å². The van der Waals surface area contributed by atoms with Crippen LogP contribution in [0, 0.1) is 41.4 Å². The fourth-order valence-electron chi connectivity index (χ4n) is 8.64. The molecule has 12 nitrogen and oxygen atoms in total. The molecule has 12 heteroatoms. The van der Waals surface area contributed by atoms with Crippen molar-refractivity contribution in [2.24, 2.45) is 41.4 Å². The number of fused-ring (bicyclic) bond motifs is 2. The maximum atomic E-state index is 13.4. The molecule has 3 aliphatic rings. The van der Waals surface area contributed by atoms with E-state index in [1.54, 1.807) is 27.7 Å². The maximum absolute atomic E-state index is 13.4. The molecule has 0 radical (unpaired) electrons. The van der Waals surface area contributed by atoms with E-state index in [1.807, 2.05) is 25.2 Å². The van der Waals surface area contributed by atoms with Crippen LogP contribution in [0.5, 0.6) is 0 Å². The topological polar surface area (TPSA) is 207 Å². The Morgan fingerprint density at radius 1 is 0.818 bits per heavy atom. The van der Waals surface area contributed by atoms with E-state index in [1.165, 1.54) is 26.0 Å². The molecule has 0 saturated carbocycles. The number of allylic oxidation sites excluding steroid dienone is 4. The van der Waals surface area contributed by atoms with E-state index in [9.17, 15) is 45.6 Å². The second-order valence-corrected chi connectivity index (χ2v) is 17.6. The van der Waals surface area contributed by atoms with Gasteiger partial charge in [-0.05, 0) is 70.1 Å². The van der Waals surface area contributed by atoms with Gasteiger partial charge in [0.1, 0.15) is 23.9 Å². The van der Waals surface area contributed by atoms with Gasteiger partial charge in [-0.15, -0.1) is 0 Å². The predicted octanol–water partition coefficient (Wildman–Crippen LogP) is 3.95. The highest BCUT2D eigenvalue weighted by Gasteiger charge is 2.54. The summed E-state index contributed by atoms with van der Waals surface area (Å²) in [6.07, 6.45) is 4.60. The maximum Gasteiger partial charge on any atom is 0.330 e. The van der Waals surface area contributed by atoms with Gasteiger partial charge in [-0.2, -0.15) is 0 Å². The Bertz CT molecular complexity index is 1270. The Morgan fingerprint density at radius 3 is 2.11 bits per heavy atom. The van der Waals surface area contributed by atoms with Crippen molar-refractivity contribution in [2.45, 2.75) is 186 Å². The van der Waals surface area contributed by atoms with E-state index in [4.69, 9.17) is 14.2 Å². The summed E-state index contributed by atoms with van der Waals surface area (Å²) in [5.41, 5.74) is -2.21. The smallest absolute Gasteiger partial charge is 0.330 e. The van der Waals surface area contributed by atoms with Crippen LogP contribution < -0.4 is 0 Å². The zero-order chi connectivity index (χ0) is 41.4. The lowest BCUT2D eigenvalue weighted by atomic mass is 9.76. The third-order valence-corrected chi connectivity index (χ3v) is 13.0. The van der Waals surface area contributed by atoms with Crippen molar-refractivity contribution in [2.75, 3.05) is 0 Å². The number of aliphatic hydroxyl groups excluding tert-OH is 7. The number of hydrogen-bond acceptors (Lipinski definition) is 12. The summed E-state index contributed by atoms with van der Waals surface area (Å²) in [5, 5.41) is 87.8. The van der Waals surface area contributed by atoms with E-state index in [0.29, 0.717) is 32.1 Å². The fraction of sp³-hybridized carbons (Fsp3) is 0.837. The Hall–Kier alpha value is -1.71. The molecular formula is C43H74O12. The van der Waals surface area contributed by atoms with Crippen molar-refractivity contribution in [3.05, 3.63) is 36.5 Å². The van der Waals surface area contributed by atoms with Gasteiger partial charge in [0.15, 0.2) is 5.79 Å². The van der Waals surface area contributed by atoms with Gasteiger partial charge < -0.3 is 55.1 Å². The lowest BCUT2D eigenvalue weighted by Crippen LogP contribution is -2.60. The predicted molar refractivity (Wildman–Crippen MR) is 209 cm³/mol. The summed E-state index contributed by atoms with van der Waals surface area (Å²) in [7, 11) is 0. The molecule has 19 unspecified atom stereocenters. The number of carbonyl (C=O) groups is 1.